The van der Waals surface area contributed by atoms with Crippen LogP contribution in [-0.2, 0) is 16.6 Å². The van der Waals surface area contributed by atoms with Crippen LogP contribution in [-0.4, -0.2) is 33.0 Å². The van der Waals surface area contributed by atoms with Gasteiger partial charge in [0.2, 0.25) is 11.8 Å². The second-order valence-corrected chi connectivity index (χ2v) is 6.56. The van der Waals surface area contributed by atoms with E-state index >= 15 is 0 Å². The molecule has 0 aliphatic carbocycles. The lowest BCUT2D eigenvalue weighted by atomic mass is 10.0. The second-order valence-electron chi connectivity index (χ2n) is 6.56. The Kier molecular flexibility index (Phi) is 5.16. The quantitative estimate of drug-likeness (QED) is 0.908. The molecule has 0 bridgehead atoms. The molecule has 2 atom stereocenters. The van der Waals surface area contributed by atoms with E-state index in [1.807, 2.05) is 54.7 Å². The third-order valence-electron chi connectivity index (χ3n) is 4.64. The van der Waals surface area contributed by atoms with E-state index in [2.05, 4.69) is 10.4 Å². The SMILES string of the molecule is CC(=O)NC(CC(=O)N1CCCC1c1cnn(C)c1)c1ccccc1. The van der Waals surface area contributed by atoms with Crippen LogP contribution in [0, 0.1) is 0 Å². The predicted octanol–water partition coefficient (Wildman–Crippen LogP) is 2.35. The molecule has 132 valence electrons. The average molecular weight is 340 g/mol. The normalized spacial score (nSPS) is 18.2. The molecule has 6 heteroatoms. The van der Waals surface area contributed by atoms with E-state index in [1.54, 1.807) is 4.68 Å². The molecule has 1 aromatic carbocycles. The van der Waals surface area contributed by atoms with Gasteiger partial charge in [-0.25, -0.2) is 0 Å². The summed E-state index contributed by atoms with van der Waals surface area (Å²) in [4.78, 5) is 26.4. The first kappa shape index (κ1) is 17.2. The fourth-order valence-electron chi connectivity index (χ4n) is 3.50. The van der Waals surface area contributed by atoms with Gasteiger partial charge < -0.3 is 10.2 Å². The van der Waals surface area contributed by atoms with Gasteiger partial charge in [-0.3, -0.25) is 14.3 Å². The molecule has 2 heterocycles. The molecule has 1 aliphatic rings. The van der Waals surface area contributed by atoms with Crippen LogP contribution in [0.2, 0.25) is 0 Å². The molecule has 25 heavy (non-hydrogen) atoms. The monoisotopic (exact) mass is 340 g/mol. The number of hydrogen-bond donors (Lipinski definition) is 1. The van der Waals surface area contributed by atoms with Crippen molar-refractivity contribution in [3.05, 3.63) is 53.9 Å². The summed E-state index contributed by atoms with van der Waals surface area (Å²) in [5.74, 6) is -0.0687. The van der Waals surface area contributed by atoms with Crippen molar-refractivity contribution in [2.24, 2.45) is 7.05 Å². The van der Waals surface area contributed by atoms with Crippen molar-refractivity contribution in [1.29, 1.82) is 0 Å². The Labute approximate surface area is 147 Å². The zero-order chi connectivity index (χ0) is 17.8. The Morgan fingerprint density at radius 1 is 1.32 bits per heavy atom. The van der Waals surface area contributed by atoms with Crippen molar-refractivity contribution in [1.82, 2.24) is 20.0 Å². The minimum absolute atomic E-state index is 0.0638. The number of nitrogens with zero attached hydrogens (tertiary/aromatic N) is 3. The highest BCUT2D eigenvalue weighted by molar-refractivity contribution is 5.79. The van der Waals surface area contributed by atoms with Crippen molar-refractivity contribution < 1.29 is 9.59 Å². The number of nitrogens with one attached hydrogen (secondary N) is 1. The van der Waals surface area contributed by atoms with Crippen molar-refractivity contribution >= 4 is 11.8 Å². The molecule has 1 saturated heterocycles. The summed E-state index contributed by atoms with van der Waals surface area (Å²) < 4.78 is 1.76. The van der Waals surface area contributed by atoms with E-state index in [0.717, 1.165) is 30.5 Å². The number of aromatic nitrogens is 2. The fourth-order valence-corrected chi connectivity index (χ4v) is 3.50. The van der Waals surface area contributed by atoms with Gasteiger partial charge in [0.15, 0.2) is 0 Å². The first-order valence-electron chi connectivity index (χ1n) is 8.64. The number of rotatable bonds is 5. The van der Waals surface area contributed by atoms with E-state index in [-0.39, 0.29) is 30.3 Å². The number of hydrogen-bond acceptors (Lipinski definition) is 3. The van der Waals surface area contributed by atoms with E-state index in [1.165, 1.54) is 6.92 Å². The highest BCUT2D eigenvalue weighted by atomic mass is 16.2. The zero-order valence-electron chi connectivity index (χ0n) is 14.7. The van der Waals surface area contributed by atoms with Crippen LogP contribution in [0.15, 0.2) is 42.7 Å². The lowest BCUT2D eigenvalue weighted by Gasteiger charge is -2.27. The molecular formula is C19H24N4O2. The Hall–Kier alpha value is -2.63. The Morgan fingerprint density at radius 3 is 2.72 bits per heavy atom. The standard InChI is InChI=1S/C19H24N4O2/c1-14(24)21-17(15-7-4-3-5-8-15)11-19(25)23-10-6-9-18(23)16-12-20-22(2)13-16/h3-5,7-8,12-13,17-18H,6,9-11H2,1-2H3,(H,21,24). The average Bonchev–Trinajstić information content (AvgIpc) is 3.23. The van der Waals surface area contributed by atoms with Gasteiger partial charge in [-0.2, -0.15) is 5.10 Å². The van der Waals surface area contributed by atoms with Crippen LogP contribution >= 0.6 is 0 Å². The highest BCUT2D eigenvalue weighted by Crippen LogP contribution is 2.33. The number of carbonyl (C=O) groups excluding carboxylic acids is 2. The van der Waals surface area contributed by atoms with Gasteiger partial charge in [0.1, 0.15) is 0 Å². The van der Waals surface area contributed by atoms with Gasteiger partial charge in [0.05, 0.1) is 24.7 Å². The van der Waals surface area contributed by atoms with Crippen molar-refractivity contribution in [3.63, 3.8) is 0 Å². The second kappa shape index (κ2) is 7.51. The number of amides is 2. The molecule has 0 saturated carbocycles. The van der Waals surface area contributed by atoms with Crippen LogP contribution in [0.4, 0.5) is 0 Å². The number of benzene rings is 1. The summed E-state index contributed by atoms with van der Waals surface area (Å²) in [5.41, 5.74) is 2.02. The summed E-state index contributed by atoms with van der Waals surface area (Å²) in [5, 5.41) is 7.13. The molecule has 1 N–H and O–H groups in total. The number of likely N-dealkylation sites (tertiary alicyclic amines) is 1. The Bertz CT molecular complexity index is 741. The van der Waals surface area contributed by atoms with Gasteiger partial charge in [0.25, 0.3) is 0 Å². The first-order valence-corrected chi connectivity index (χ1v) is 8.64. The number of carbonyl (C=O) groups is 2. The molecule has 2 unspecified atom stereocenters. The van der Waals surface area contributed by atoms with Crippen LogP contribution in [0.5, 0.6) is 0 Å². The maximum absolute atomic E-state index is 12.9. The molecule has 2 aromatic rings. The highest BCUT2D eigenvalue weighted by Gasteiger charge is 2.32. The molecule has 1 fully saturated rings. The van der Waals surface area contributed by atoms with Crippen LogP contribution in [0.25, 0.3) is 0 Å². The smallest absolute Gasteiger partial charge is 0.225 e. The van der Waals surface area contributed by atoms with Crippen LogP contribution in [0.1, 0.15) is 49.4 Å². The fraction of sp³-hybridized carbons (Fsp3) is 0.421. The summed E-state index contributed by atoms with van der Waals surface area (Å²) in [7, 11) is 1.88. The van der Waals surface area contributed by atoms with Crippen molar-refractivity contribution in [3.8, 4) is 0 Å². The lowest BCUT2D eigenvalue weighted by molar-refractivity contribution is -0.133. The molecule has 2 amide bonds. The topological polar surface area (TPSA) is 67.2 Å². The zero-order valence-corrected chi connectivity index (χ0v) is 14.7. The minimum atomic E-state index is -0.304. The Morgan fingerprint density at radius 2 is 2.08 bits per heavy atom. The maximum atomic E-state index is 12.9. The molecule has 0 radical (unpaired) electrons. The van der Waals surface area contributed by atoms with E-state index in [9.17, 15) is 9.59 Å². The summed E-state index contributed by atoms with van der Waals surface area (Å²) >= 11 is 0. The molecule has 1 aliphatic heterocycles. The largest absolute Gasteiger partial charge is 0.349 e. The first-order chi connectivity index (χ1) is 12.0. The molecule has 1 aromatic heterocycles. The molecule has 6 nitrogen and oxygen atoms in total. The van der Waals surface area contributed by atoms with Crippen molar-refractivity contribution in [2.45, 2.75) is 38.3 Å². The Balaban J connectivity index is 1.75. The van der Waals surface area contributed by atoms with Crippen LogP contribution < -0.4 is 5.32 Å². The summed E-state index contributed by atoms with van der Waals surface area (Å²) in [6.45, 7) is 2.23. The third-order valence-corrected chi connectivity index (χ3v) is 4.64. The van der Waals surface area contributed by atoms with Crippen molar-refractivity contribution in [2.75, 3.05) is 6.54 Å². The maximum Gasteiger partial charge on any atom is 0.225 e. The van der Waals surface area contributed by atoms with Crippen LogP contribution in [0.3, 0.4) is 0 Å². The molecule has 3 rings (SSSR count). The minimum Gasteiger partial charge on any atom is -0.349 e. The van der Waals surface area contributed by atoms with Gasteiger partial charge in [-0.1, -0.05) is 30.3 Å². The van der Waals surface area contributed by atoms with E-state index in [0.29, 0.717) is 0 Å². The van der Waals surface area contributed by atoms with Gasteiger partial charge in [-0.05, 0) is 18.4 Å². The summed E-state index contributed by atoms with van der Waals surface area (Å²) in [6, 6.07) is 9.42. The molecule has 0 spiro atoms. The number of aryl methyl sites for hydroxylation is 1. The van der Waals surface area contributed by atoms with Gasteiger partial charge in [0, 0.05) is 32.3 Å². The molecular weight excluding hydrogens is 316 g/mol. The van der Waals surface area contributed by atoms with Gasteiger partial charge >= 0.3 is 0 Å². The van der Waals surface area contributed by atoms with E-state index in [4.69, 9.17) is 0 Å². The summed E-state index contributed by atoms with van der Waals surface area (Å²) in [6.07, 6.45) is 6.01. The third kappa shape index (κ3) is 4.07. The van der Waals surface area contributed by atoms with Gasteiger partial charge in [-0.15, -0.1) is 0 Å². The van der Waals surface area contributed by atoms with E-state index < -0.39 is 0 Å². The predicted molar refractivity (Wildman–Crippen MR) is 94.5 cm³/mol. The lowest BCUT2D eigenvalue weighted by Crippen LogP contribution is -2.35.